The first-order valence-electron chi connectivity index (χ1n) is 7.70. The van der Waals surface area contributed by atoms with Gasteiger partial charge in [0.15, 0.2) is 9.84 Å². The summed E-state index contributed by atoms with van der Waals surface area (Å²) in [4.78, 5) is 22.8. The van der Waals surface area contributed by atoms with Gasteiger partial charge in [-0.3, -0.25) is 15.4 Å². The van der Waals surface area contributed by atoms with E-state index in [-0.39, 0.29) is 24.3 Å². The van der Waals surface area contributed by atoms with Gasteiger partial charge >= 0.3 is 5.97 Å². The molecule has 0 spiro atoms. The van der Waals surface area contributed by atoms with Gasteiger partial charge in [0.1, 0.15) is 5.92 Å². The van der Waals surface area contributed by atoms with Gasteiger partial charge in [-0.1, -0.05) is 13.0 Å². The molecule has 1 atom stereocenters. The minimum atomic E-state index is -3.71. The number of aliphatic carboxylic acids is 1. The Kier molecular flexibility index (Phi) is 7.81. The van der Waals surface area contributed by atoms with Crippen LogP contribution in [-0.4, -0.2) is 49.4 Å². The van der Waals surface area contributed by atoms with E-state index in [2.05, 4.69) is 10.7 Å². The van der Waals surface area contributed by atoms with Gasteiger partial charge in [0, 0.05) is 12.2 Å². The molecule has 1 aromatic rings. The highest BCUT2D eigenvalue weighted by Gasteiger charge is 2.24. The molecule has 25 heavy (non-hydrogen) atoms. The first-order valence-corrected chi connectivity index (χ1v) is 9.35. The topological polar surface area (TPSA) is 159 Å². The number of amides is 1. The summed E-state index contributed by atoms with van der Waals surface area (Å²) in [5.74, 6) is 1.91. The minimum absolute atomic E-state index is 0.0107. The molecule has 0 aliphatic heterocycles. The number of carbonyl (C=O) groups excluding carboxylic acids is 1. The number of nitrogens with two attached hydrogens (primary N) is 1. The zero-order valence-electron chi connectivity index (χ0n) is 13.9. The fraction of sp³-hybridized carbons (Fsp3) is 0.467. The number of anilines is 1. The Labute approximate surface area is 146 Å². The molecule has 1 unspecified atom stereocenters. The molecule has 0 aromatic heterocycles. The quantitative estimate of drug-likeness (QED) is 0.209. The van der Waals surface area contributed by atoms with Crippen molar-refractivity contribution < 1.29 is 28.2 Å². The molecular formula is C15H23N3O6S. The Morgan fingerprint density at radius 3 is 2.52 bits per heavy atom. The third-order valence-corrected chi connectivity index (χ3v) is 5.42. The van der Waals surface area contributed by atoms with Crippen LogP contribution in [0.4, 0.5) is 5.69 Å². The van der Waals surface area contributed by atoms with Crippen molar-refractivity contribution in [2.75, 3.05) is 24.3 Å². The lowest BCUT2D eigenvalue weighted by Gasteiger charge is -2.14. The number of hydrazine groups is 1. The van der Waals surface area contributed by atoms with E-state index in [1.807, 2.05) is 0 Å². The number of aliphatic hydroxyl groups is 1. The smallest absolute Gasteiger partial charge is 0.316 e. The zero-order valence-corrected chi connectivity index (χ0v) is 14.7. The Hall–Kier alpha value is -2.17. The van der Waals surface area contributed by atoms with Gasteiger partial charge in [-0.05, 0) is 30.5 Å². The number of carbonyl (C=O) groups is 2. The molecule has 0 heterocycles. The molecule has 0 radical (unpaired) electrons. The maximum Gasteiger partial charge on any atom is 0.316 e. The summed E-state index contributed by atoms with van der Waals surface area (Å²) < 4.78 is 24.5. The highest BCUT2D eigenvalue weighted by Crippen LogP contribution is 2.22. The van der Waals surface area contributed by atoms with E-state index in [0.717, 1.165) is 0 Å². The van der Waals surface area contributed by atoms with Gasteiger partial charge in [0.25, 0.3) is 0 Å². The number of rotatable bonds is 10. The highest BCUT2D eigenvalue weighted by molar-refractivity contribution is 7.91. The Morgan fingerprint density at radius 2 is 2.00 bits per heavy atom. The monoisotopic (exact) mass is 373 g/mol. The maximum atomic E-state index is 12.3. The number of hydrogen-bond acceptors (Lipinski definition) is 7. The second-order valence-electron chi connectivity index (χ2n) is 5.35. The van der Waals surface area contributed by atoms with Crippen LogP contribution < -0.4 is 16.6 Å². The highest BCUT2D eigenvalue weighted by atomic mass is 32.2. The summed E-state index contributed by atoms with van der Waals surface area (Å²) in [5.41, 5.74) is 3.19. The van der Waals surface area contributed by atoms with E-state index in [0.29, 0.717) is 11.3 Å². The van der Waals surface area contributed by atoms with Gasteiger partial charge in [-0.15, -0.1) is 0 Å². The molecule has 0 aliphatic rings. The normalized spacial score (nSPS) is 12.4. The molecule has 140 valence electrons. The average molecular weight is 373 g/mol. The van der Waals surface area contributed by atoms with Crippen LogP contribution in [0.25, 0.3) is 0 Å². The van der Waals surface area contributed by atoms with Crippen LogP contribution in [0, 0.1) is 5.92 Å². The van der Waals surface area contributed by atoms with Crippen molar-refractivity contribution in [2.45, 2.75) is 24.7 Å². The Balaban J connectivity index is 2.92. The van der Waals surface area contributed by atoms with Crippen LogP contribution in [0.2, 0.25) is 0 Å². The van der Waals surface area contributed by atoms with Crippen LogP contribution in [0.3, 0.4) is 0 Å². The molecule has 6 N–H and O–H groups in total. The van der Waals surface area contributed by atoms with E-state index in [9.17, 15) is 18.0 Å². The maximum absolute atomic E-state index is 12.3. The number of sulfone groups is 1. The number of carboxylic acids is 1. The van der Waals surface area contributed by atoms with Crippen molar-refractivity contribution in [3.63, 3.8) is 0 Å². The van der Waals surface area contributed by atoms with Crippen LogP contribution in [0.1, 0.15) is 18.9 Å². The van der Waals surface area contributed by atoms with Crippen LogP contribution in [0.15, 0.2) is 23.1 Å². The predicted octanol–water partition coefficient (Wildman–Crippen LogP) is -0.492. The number of nitrogens with one attached hydrogen (secondary N) is 2. The summed E-state index contributed by atoms with van der Waals surface area (Å²) in [6.45, 7) is 1.16. The van der Waals surface area contributed by atoms with Crippen molar-refractivity contribution >= 4 is 27.4 Å². The molecule has 1 rings (SSSR count). The number of benzene rings is 1. The molecule has 10 heteroatoms. The molecule has 0 saturated heterocycles. The summed E-state index contributed by atoms with van der Waals surface area (Å²) >= 11 is 0. The van der Waals surface area contributed by atoms with Crippen LogP contribution >= 0.6 is 0 Å². The van der Waals surface area contributed by atoms with Crippen molar-refractivity contribution in [3.05, 3.63) is 23.8 Å². The minimum Gasteiger partial charge on any atom is -0.481 e. The third-order valence-electron chi connectivity index (χ3n) is 3.65. The van der Waals surface area contributed by atoms with E-state index in [1.54, 1.807) is 19.1 Å². The summed E-state index contributed by atoms with van der Waals surface area (Å²) in [7, 11) is -3.71. The summed E-state index contributed by atoms with van der Waals surface area (Å²) in [6.07, 6.45) is 0.348. The predicted molar refractivity (Wildman–Crippen MR) is 91.5 cm³/mol. The van der Waals surface area contributed by atoms with Crippen molar-refractivity contribution in [1.82, 2.24) is 5.32 Å². The van der Waals surface area contributed by atoms with Gasteiger partial charge in [-0.25, -0.2) is 8.42 Å². The molecule has 9 nitrogen and oxygen atoms in total. The van der Waals surface area contributed by atoms with Gasteiger partial charge in [0.2, 0.25) is 5.91 Å². The first-order chi connectivity index (χ1) is 11.8. The van der Waals surface area contributed by atoms with Crippen molar-refractivity contribution in [2.24, 2.45) is 11.8 Å². The fourth-order valence-electron chi connectivity index (χ4n) is 2.29. The van der Waals surface area contributed by atoms with E-state index in [4.69, 9.17) is 16.1 Å². The van der Waals surface area contributed by atoms with Gasteiger partial charge in [-0.2, -0.15) is 0 Å². The molecule has 1 aromatic carbocycles. The lowest BCUT2D eigenvalue weighted by atomic mass is 10.1. The second kappa shape index (κ2) is 9.35. The second-order valence-corrected chi connectivity index (χ2v) is 7.43. The fourth-order valence-corrected chi connectivity index (χ4v) is 3.62. The molecule has 0 saturated carbocycles. The van der Waals surface area contributed by atoms with E-state index in [1.165, 1.54) is 6.07 Å². The van der Waals surface area contributed by atoms with Crippen LogP contribution in [-0.2, 0) is 25.8 Å². The van der Waals surface area contributed by atoms with Crippen molar-refractivity contribution in [1.29, 1.82) is 0 Å². The molecule has 0 fully saturated rings. The van der Waals surface area contributed by atoms with Gasteiger partial charge < -0.3 is 21.0 Å². The summed E-state index contributed by atoms with van der Waals surface area (Å²) in [6, 6.07) is 4.50. The molecule has 0 aliphatic carbocycles. The van der Waals surface area contributed by atoms with E-state index >= 15 is 0 Å². The Bertz CT molecular complexity index is 720. The largest absolute Gasteiger partial charge is 0.481 e. The number of aliphatic hydroxyl groups excluding tert-OH is 1. The first kappa shape index (κ1) is 20.9. The Morgan fingerprint density at radius 1 is 1.32 bits per heavy atom. The number of carboxylic acid groups (broad SMARTS) is 1. The number of hydrogen-bond donors (Lipinski definition) is 5. The number of nitrogen functional groups attached to an aromatic ring is 1. The molecular weight excluding hydrogens is 350 g/mol. The standard InChI is InChI=1S/C15H23N3O6S/c1-2-12(15(21)22)14(20)17-6-5-10-3-4-11(18-16)9-13(10)25(23,24)8-7-19/h3-4,9,12,18-19H,2,5-8,16H2,1H3,(H,17,20)(H,21,22). The SMILES string of the molecule is CCC(C(=O)O)C(=O)NCCc1ccc(NN)cc1S(=O)(=O)CCO. The molecule has 1 amide bonds. The lowest BCUT2D eigenvalue weighted by Crippen LogP contribution is -2.36. The summed E-state index contributed by atoms with van der Waals surface area (Å²) in [5, 5.41) is 20.4. The van der Waals surface area contributed by atoms with Gasteiger partial charge in [0.05, 0.1) is 17.3 Å². The van der Waals surface area contributed by atoms with E-state index < -0.39 is 40.0 Å². The van der Waals surface area contributed by atoms with Crippen LogP contribution in [0.5, 0.6) is 0 Å². The zero-order chi connectivity index (χ0) is 19.0. The molecule has 0 bridgehead atoms. The lowest BCUT2D eigenvalue weighted by molar-refractivity contribution is -0.147. The van der Waals surface area contributed by atoms with Crippen molar-refractivity contribution in [3.8, 4) is 0 Å². The third kappa shape index (κ3) is 5.69. The average Bonchev–Trinajstić information content (AvgIpc) is 2.55.